The second-order valence-electron chi connectivity index (χ2n) is 7.31. The number of ether oxygens (including phenoxy) is 1. The number of hydrogen-bond donors (Lipinski definition) is 8. The SMILES string of the molecule is CC#CC1(O)C(CO)[C@@H](COP(=O)(O)OP(=O)(O)OP(=O)(O)O)O[C@H]1n1ccc2c(=O)[nH]c(N)nc21. The number of aliphatic hydroxyl groups excluding tert-OH is 1. The van der Waals surface area contributed by atoms with Crippen molar-refractivity contribution in [3.8, 4) is 11.8 Å². The maximum Gasteiger partial charge on any atom is 0.490 e. The number of H-pyrrole nitrogens is 1. The van der Waals surface area contributed by atoms with Gasteiger partial charge >= 0.3 is 23.5 Å². The van der Waals surface area contributed by atoms with Crippen LogP contribution < -0.4 is 11.3 Å². The van der Waals surface area contributed by atoms with Crippen LogP contribution in [0.3, 0.4) is 0 Å². The van der Waals surface area contributed by atoms with E-state index in [-0.39, 0.29) is 17.0 Å². The number of phosphoric ester groups is 1. The van der Waals surface area contributed by atoms with Gasteiger partial charge in [-0.25, -0.2) is 13.7 Å². The Balaban J connectivity index is 1.91. The van der Waals surface area contributed by atoms with Crippen LogP contribution in [0.4, 0.5) is 5.95 Å². The molecule has 0 bridgehead atoms. The molecule has 1 aliphatic rings. The van der Waals surface area contributed by atoms with Crippen molar-refractivity contribution in [1.29, 1.82) is 0 Å². The topological polar surface area (TPSA) is 286 Å². The van der Waals surface area contributed by atoms with Gasteiger partial charge in [0.15, 0.2) is 17.5 Å². The Kier molecular flexibility index (Phi) is 8.02. The average molecular weight is 574 g/mol. The monoisotopic (exact) mass is 574 g/mol. The van der Waals surface area contributed by atoms with E-state index in [4.69, 9.17) is 20.3 Å². The number of nitrogen functional groups attached to an aromatic ring is 1. The number of rotatable bonds is 9. The normalized spacial score (nSPS) is 27.8. The van der Waals surface area contributed by atoms with Crippen LogP contribution in [0, 0.1) is 17.8 Å². The smallest absolute Gasteiger partial charge is 0.396 e. The molecule has 0 radical (unpaired) electrons. The van der Waals surface area contributed by atoms with E-state index in [9.17, 15) is 38.5 Å². The summed E-state index contributed by atoms with van der Waals surface area (Å²) in [4.78, 5) is 54.6. The zero-order valence-corrected chi connectivity index (χ0v) is 20.7. The first-order valence-corrected chi connectivity index (χ1v) is 14.1. The number of anilines is 1. The second kappa shape index (κ2) is 10.1. The lowest BCUT2D eigenvalue weighted by atomic mass is 9.85. The fraction of sp³-hybridized carbons (Fsp3) is 0.467. The third-order valence-electron chi connectivity index (χ3n) is 4.89. The van der Waals surface area contributed by atoms with E-state index < -0.39 is 66.1 Å². The highest BCUT2D eigenvalue weighted by atomic mass is 31.3. The Labute approximate surface area is 201 Å². The van der Waals surface area contributed by atoms with Crippen LogP contribution in [0.15, 0.2) is 17.1 Å². The lowest BCUT2D eigenvalue weighted by Gasteiger charge is -2.28. The summed E-state index contributed by atoms with van der Waals surface area (Å²) in [5.41, 5.74) is 2.79. The van der Waals surface area contributed by atoms with Gasteiger partial charge in [-0.15, -0.1) is 5.92 Å². The van der Waals surface area contributed by atoms with E-state index in [1.807, 2.05) is 0 Å². The fourth-order valence-corrected chi connectivity index (χ4v) is 6.63. The van der Waals surface area contributed by atoms with Gasteiger partial charge in [-0.05, 0) is 13.0 Å². The molecule has 4 unspecified atom stereocenters. The Bertz CT molecular complexity index is 1410. The molecule has 0 saturated carbocycles. The first kappa shape index (κ1) is 28.6. The van der Waals surface area contributed by atoms with Gasteiger partial charge in [-0.1, -0.05) is 5.92 Å². The van der Waals surface area contributed by atoms with E-state index >= 15 is 0 Å². The van der Waals surface area contributed by atoms with Crippen molar-refractivity contribution in [3.63, 3.8) is 0 Å². The van der Waals surface area contributed by atoms with Gasteiger partial charge in [-0.2, -0.15) is 13.6 Å². The van der Waals surface area contributed by atoms with Crippen molar-refractivity contribution in [2.75, 3.05) is 18.9 Å². The highest BCUT2D eigenvalue weighted by molar-refractivity contribution is 7.66. The molecule has 21 heteroatoms. The molecule has 0 amide bonds. The number of aliphatic hydroxyl groups is 2. The lowest BCUT2D eigenvalue weighted by Crippen LogP contribution is -2.43. The molecule has 3 rings (SSSR count). The lowest BCUT2D eigenvalue weighted by molar-refractivity contribution is -0.0699. The maximum atomic E-state index is 12.2. The molecular formula is C15H21N4O14P3. The molecule has 1 fully saturated rings. The quantitative estimate of drug-likeness (QED) is 0.130. The highest BCUT2D eigenvalue weighted by Crippen LogP contribution is 2.66. The minimum absolute atomic E-state index is 0.0252. The minimum atomic E-state index is -5.76. The molecule has 2 aromatic rings. The zero-order chi connectivity index (χ0) is 27.1. The minimum Gasteiger partial charge on any atom is -0.396 e. The summed E-state index contributed by atoms with van der Waals surface area (Å²) in [5.74, 6) is 3.39. The molecule has 18 nitrogen and oxygen atoms in total. The number of phosphoric acid groups is 3. The van der Waals surface area contributed by atoms with Crippen LogP contribution in [0.25, 0.3) is 11.0 Å². The summed E-state index contributed by atoms with van der Waals surface area (Å²) in [6.07, 6.45) is -1.58. The highest BCUT2D eigenvalue weighted by Gasteiger charge is 2.56. The first-order valence-electron chi connectivity index (χ1n) is 9.59. The summed E-state index contributed by atoms with van der Waals surface area (Å²) in [5, 5.41) is 21.4. The van der Waals surface area contributed by atoms with Crippen molar-refractivity contribution < 1.29 is 61.4 Å². The molecular weight excluding hydrogens is 553 g/mol. The first-order chi connectivity index (χ1) is 16.5. The number of aromatic amines is 1. The second-order valence-corrected chi connectivity index (χ2v) is 11.7. The molecule has 6 atom stereocenters. The number of nitrogens with one attached hydrogen (secondary N) is 1. The number of aromatic nitrogens is 3. The molecule has 0 spiro atoms. The molecule has 3 heterocycles. The Hall–Kier alpha value is -1.93. The molecule has 1 aliphatic heterocycles. The maximum absolute atomic E-state index is 12.2. The molecule has 2 aromatic heterocycles. The van der Waals surface area contributed by atoms with Gasteiger partial charge < -0.3 is 44.8 Å². The van der Waals surface area contributed by atoms with Gasteiger partial charge in [0.1, 0.15) is 0 Å². The van der Waals surface area contributed by atoms with E-state index in [1.165, 1.54) is 23.8 Å². The Morgan fingerprint density at radius 3 is 2.50 bits per heavy atom. The van der Waals surface area contributed by atoms with Crippen molar-refractivity contribution in [1.82, 2.24) is 14.5 Å². The van der Waals surface area contributed by atoms with Crippen LogP contribution in [0.5, 0.6) is 0 Å². The summed E-state index contributed by atoms with van der Waals surface area (Å²) < 4.78 is 53.1. The van der Waals surface area contributed by atoms with Crippen LogP contribution >= 0.6 is 23.5 Å². The predicted octanol–water partition coefficient (Wildman–Crippen LogP) is -1.09. The molecule has 0 aromatic carbocycles. The van der Waals surface area contributed by atoms with Gasteiger partial charge in [0, 0.05) is 6.20 Å². The van der Waals surface area contributed by atoms with E-state index in [0.29, 0.717) is 0 Å². The van der Waals surface area contributed by atoms with Crippen molar-refractivity contribution in [2.45, 2.75) is 24.9 Å². The zero-order valence-electron chi connectivity index (χ0n) is 18.1. The standard InChI is InChI=1S/C15H21N4O14P3/c1-2-4-15(22)9(6-20)10(7-30-35(26,27)33-36(28,29)32-34(23,24)25)31-13(15)19-5-3-8-11(19)17-14(16)18-12(8)21/h3,5,9-10,13,20,22H,6-7H2,1H3,(H,26,27)(H,28,29)(H2,23,24,25)(H3,16,17,18,21)/t9?,10-,13-,15?/m1/s1. The number of nitrogens with two attached hydrogens (primary N) is 1. The predicted molar refractivity (Wildman–Crippen MR) is 117 cm³/mol. The van der Waals surface area contributed by atoms with E-state index in [2.05, 4.69) is 35.0 Å². The van der Waals surface area contributed by atoms with Crippen LogP contribution in [-0.4, -0.2) is 69.2 Å². The van der Waals surface area contributed by atoms with E-state index in [1.54, 1.807) is 0 Å². The van der Waals surface area contributed by atoms with Crippen LogP contribution in [0.1, 0.15) is 13.2 Å². The number of nitrogens with zero attached hydrogens (tertiary/aromatic N) is 2. The van der Waals surface area contributed by atoms with Gasteiger partial charge in [0.2, 0.25) is 5.95 Å². The molecule has 1 saturated heterocycles. The van der Waals surface area contributed by atoms with Gasteiger partial charge in [-0.3, -0.25) is 14.3 Å². The summed E-state index contributed by atoms with van der Waals surface area (Å²) >= 11 is 0. The molecule has 9 N–H and O–H groups in total. The summed E-state index contributed by atoms with van der Waals surface area (Å²) in [6.45, 7) is -0.395. The Morgan fingerprint density at radius 2 is 1.92 bits per heavy atom. The summed E-state index contributed by atoms with van der Waals surface area (Å²) in [7, 11) is -16.9. The third kappa shape index (κ3) is 6.13. The largest absolute Gasteiger partial charge is 0.490 e. The van der Waals surface area contributed by atoms with E-state index in [0.717, 1.165) is 0 Å². The number of fused-ring (bicyclic) bond motifs is 1. The molecule has 0 aliphatic carbocycles. The van der Waals surface area contributed by atoms with Crippen molar-refractivity contribution in [3.05, 3.63) is 22.6 Å². The number of hydrogen-bond acceptors (Lipinski definition) is 12. The van der Waals surface area contributed by atoms with Crippen LogP contribution in [0.2, 0.25) is 0 Å². The average Bonchev–Trinajstić information content (AvgIpc) is 3.22. The third-order valence-corrected chi connectivity index (χ3v) is 8.69. The van der Waals surface area contributed by atoms with Gasteiger partial charge in [0.25, 0.3) is 5.56 Å². The van der Waals surface area contributed by atoms with Crippen molar-refractivity contribution >= 4 is 40.4 Å². The Morgan fingerprint density at radius 1 is 1.25 bits per heavy atom. The fourth-order valence-electron chi connectivity index (χ4n) is 3.60. The molecule has 200 valence electrons. The summed E-state index contributed by atoms with van der Waals surface area (Å²) in [6, 6.07) is 1.34. The van der Waals surface area contributed by atoms with Gasteiger partial charge in [0.05, 0.1) is 30.6 Å². The van der Waals surface area contributed by atoms with Crippen LogP contribution in [-0.2, 0) is 31.6 Å². The van der Waals surface area contributed by atoms with Crippen molar-refractivity contribution in [2.24, 2.45) is 5.92 Å². The molecule has 36 heavy (non-hydrogen) atoms.